The summed E-state index contributed by atoms with van der Waals surface area (Å²) < 4.78 is 0. The molecule has 0 radical (unpaired) electrons. The molecular weight excluding hydrogens is 326 g/mol. The largest absolute Gasteiger partial charge is 0.396 e. The first-order chi connectivity index (χ1) is 12.7. The molecule has 0 aliphatic carbocycles. The topological polar surface area (TPSA) is 83.0 Å². The molecule has 0 bridgehead atoms. The van der Waals surface area contributed by atoms with Crippen molar-refractivity contribution in [3.63, 3.8) is 0 Å². The fourth-order valence-corrected chi connectivity index (χ4v) is 2.44. The first-order valence-electron chi connectivity index (χ1n) is 8.69. The van der Waals surface area contributed by atoms with Crippen LogP contribution < -0.4 is 10.6 Å². The third-order valence-electron chi connectivity index (χ3n) is 3.87. The van der Waals surface area contributed by atoms with E-state index in [1.807, 2.05) is 24.3 Å². The van der Waals surface area contributed by atoms with Crippen LogP contribution in [0.3, 0.4) is 0 Å². The molecule has 2 heterocycles. The quantitative estimate of drug-likeness (QED) is 0.542. The first kappa shape index (κ1) is 17.8. The maximum atomic E-state index is 8.96. The zero-order valence-corrected chi connectivity index (χ0v) is 14.8. The second kappa shape index (κ2) is 8.92. The summed E-state index contributed by atoms with van der Waals surface area (Å²) in [6.07, 6.45) is 2.39. The van der Waals surface area contributed by atoms with E-state index >= 15 is 0 Å². The van der Waals surface area contributed by atoms with Gasteiger partial charge in [-0.1, -0.05) is 35.9 Å². The standard InChI is InChI=1S/C20H23N5O/c1-15-6-8-16(9-7-15)14-23-19-13-18(17-5-2-3-10-21-17)24-20(25-19)22-11-4-12-26/h2-3,5-10,13,26H,4,11-12,14H2,1H3,(H2,22,23,24,25). The third-order valence-corrected chi connectivity index (χ3v) is 3.87. The predicted octanol–water partition coefficient (Wildman–Crippen LogP) is 3.25. The molecule has 0 fully saturated rings. The van der Waals surface area contributed by atoms with Crippen molar-refractivity contribution in [1.29, 1.82) is 0 Å². The average Bonchev–Trinajstić information content (AvgIpc) is 2.68. The van der Waals surface area contributed by atoms with Crippen LogP contribution in [0.4, 0.5) is 11.8 Å². The second-order valence-electron chi connectivity index (χ2n) is 6.02. The number of hydrogen-bond acceptors (Lipinski definition) is 6. The molecule has 3 aromatic rings. The van der Waals surface area contributed by atoms with E-state index in [2.05, 4.69) is 56.8 Å². The number of pyridine rings is 1. The van der Waals surface area contributed by atoms with Crippen molar-refractivity contribution in [1.82, 2.24) is 15.0 Å². The van der Waals surface area contributed by atoms with Gasteiger partial charge in [-0.2, -0.15) is 4.98 Å². The molecule has 2 aromatic heterocycles. The predicted molar refractivity (Wildman–Crippen MR) is 104 cm³/mol. The molecule has 6 nitrogen and oxygen atoms in total. The van der Waals surface area contributed by atoms with Gasteiger partial charge in [-0.05, 0) is 31.0 Å². The van der Waals surface area contributed by atoms with Gasteiger partial charge in [0.25, 0.3) is 0 Å². The lowest BCUT2D eigenvalue weighted by molar-refractivity contribution is 0.292. The minimum absolute atomic E-state index is 0.130. The monoisotopic (exact) mass is 349 g/mol. The molecule has 6 heteroatoms. The Balaban J connectivity index is 1.80. The fourth-order valence-electron chi connectivity index (χ4n) is 2.44. The van der Waals surface area contributed by atoms with Gasteiger partial charge in [0.15, 0.2) is 0 Å². The average molecular weight is 349 g/mol. The Labute approximate surface area is 153 Å². The lowest BCUT2D eigenvalue weighted by Crippen LogP contribution is -2.10. The van der Waals surface area contributed by atoms with Crippen LogP contribution in [-0.2, 0) is 6.54 Å². The van der Waals surface area contributed by atoms with Gasteiger partial charge in [-0.25, -0.2) is 4.98 Å². The lowest BCUT2D eigenvalue weighted by atomic mass is 10.1. The molecule has 3 rings (SSSR count). The molecule has 0 atom stereocenters. The highest BCUT2D eigenvalue weighted by atomic mass is 16.3. The van der Waals surface area contributed by atoms with Crippen LogP contribution in [0.25, 0.3) is 11.4 Å². The zero-order chi connectivity index (χ0) is 18.2. The van der Waals surface area contributed by atoms with E-state index in [-0.39, 0.29) is 6.61 Å². The zero-order valence-electron chi connectivity index (χ0n) is 14.8. The Kier molecular flexibility index (Phi) is 6.11. The molecule has 0 saturated carbocycles. The van der Waals surface area contributed by atoms with E-state index in [9.17, 15) is 0 Å². The minimum atomic E-state index is 0.130. The highest BCUT2D eigenvalue weighted by Gasteiger charge is 2.07. The number of aliphatic hydroxyl groups is 1. The molecule has 134 valence electrons. The number of nitrogens with one attached hydrogen (secondary N) is 2. The van der Waals surface area contributed by atoms with Crippen LogP contribution in [0.5, 0.6) is 0 Å². The van der Waals surface area contributed by atoms with Gasteiger partial charge >= 0.3 is 0 Å². The Morgan fingerprint density at radius 2 is 1.81 bits per heavy atom. The lowest BCUT2D eigenvalue weighted by Gasteiger charge is -2.11. The fraction of sp³-hybridized carbons (Fsp3) is 0.250. The number of hydrogen-bond donors (Lipinski definition) is 3. The van der Waals surface area contributed by atoms with Crippen molar-refractivity contribution in [2.45, 2.75) is 19.9 Å². The molecular formula is C20H23N5O. The molecule has 0 unspecified atom stereocenters. The van der Waals surface area contributed by atoms with Gasteiger partial charge in [0, 0.05) is 32.0 Å². The Hall–Kier alpha value is -2.99. The third kappa shape index (κ3) is 5.00. The molecule has 0 saturated heterocycles. The van der Waals surface area contributed by atoms with E-state index < -0.39 is 0 Å². The Morgan fingerprint density at radius 1 is 0.962 bits per heavy atom. The number of rotatable bonds is 8. The molecule has 0 spiro atoms. The van der Waals surface area contributed by atoms with Crippen LogP contribution in [-0.4, -0.2) is 33.2 Å². The molecule has 1 aromatic carbocycles. The van der Waals surface area contributed by atoms with Crippen LogP contribution in [0.1, 0.15) is 17.5 Å². The van der Waals surface area contributed by atoms with E-state index in [1.165, 1.54) is 11.1 Å². The van der Waals surface area contributed by atoms with Crippen LogP contribution in [0.15, 0.2) is 54.7 Å². The van der Waals surface area contributed by atoms with Crippen LogP contribution in [0.2, 0.25) is 0 Å². The van der Waals surface area contributed by atoms with Crippen LogP contribution >= 0.6 is 0 Å². The van der Waals surface area contributed by atoms with Crippen molar-refractivity contribution >= 4 is 11.8 Å². The maximum Gasteiger partial charge on any atom is 0.225 e. The molecule has 0 amide bonds. The van der Waals surface area contributed by atoms with Gasteiger partial charge in [0.05, 0.1) is 11.4 Å². The number of aromatic nitrogens is 3. The van der Waals surface area contributed by atoms with Gasteiger partial charge in [0.1, 0.15) is 5.82 Å². The molecule has 0 aliphatic rings. The number of nitrogens with zero attached hydrogens (tertiary/aromatic N) is 3. The van der Waals surface area contributed by atoms with Crippen LogP contribution in [0, 0.1) is 6.92 Å². The van der Waals surface area contributed by atoms with Crippen molar-refractivity contribution in [3.05, 3.63) is 65.9 Å². The van der Waals surface area contributed by atoms with E-state index in [1.54, 1.807) is 6.20 Å². The normalized spacial score (nSPS) is 10.5. The molecule has 0 aliphatic heterocycles. The summed E-state index contributed by atoms with van der Waals surface area (Å²) in [7, 11) is 0. The molecule has 3 N–H and O–H groups in total. The SMILES string of the molecule is Cc1ccc(CNc2cc(-c3ccccn3)nc(NCCCO)n2)cc1. The number of aryl methyl sites for hydroxylation is 1. The number of benzene rings is 1. The Morgan fingerprint density at radius 3 is 2.54 bits per heavy atom. The van der Waals surface area contributed by atoms with Gasteiger partial charge in [-0.15, -0.1) is 0 Å². The van der Waals surface area contributed by atoms with Gasteiger partial charge < -0.3 is 15.7 Å². The van der Waals surface area contributed by atoms with Crippen molar-refractivity contribution in [2.24, 2.45) is 0 Å². The van der Waals surface area contributed by atoms with E-state index in [4.69, 9.17) is 5.11 Å². The summed E-state index contributed by atoms with van der Waals surface area (Å²) in [5, 5.41) is 15.5. The first-order valence-corrected chi connectivity index (χ1v) is 8.69. The summed E-state index contributed by atoms with van der Waals surface area (Å²) in [6, 6.07) is 16.0. The highest BCUT2D eigenvalue weighted by Crippen LogP contribution is 2.20. The maximum absolute atomic E-state index is 8.96. The summed E-state index contributed by atoms with van der Waals surface area (Å²) in [5.74, 6) is 1.25. The summed E-state index contributed by atoms with van der Waals surface area (Å²) >= 11 is 0. The van der Waals surface area contributed by atoms with Gasteiger partial charge in [-0.3, -0.25) is 4.98 Å². The van der Waals surface area contributed by atoms with Crippen molar-refractivity contribution in [2.75, 3.05) is 23.8 Å². The minimum Gasteiger partial charge on any atom is -0.396 e. The highest BCUT2D eigenvalue weighted by molar-refractivity contribution is 5.61. The summed E-state index contributed by atoms with van der Waals surface area (Å²) in [4.78, 5) is 13.4. The van der Waals surface area contributed by atoms with E-state index in [0.29, 0.717) is 25.5 Å². The second-order valence-corrected chi connectivity index (χ2v) is 6.02. The number of anilines is 2. The summed E-state index contributed by atoms with van der Waals surface area (Å²) in [6.45, 7) is 3.49. The number of aliphatic hydroxyl groups excluding tert-OH is 1. The summed E-state index contributed by atoms with van der Waals surface area (Å²) in [5.41, 5.74) is 3.96. The van der Waals surface area contributed by atoms with Crippen molar-refractivity contribution in [3.8, 4) is 11.4 Å². The smallest absolute Gasteiger partial charge is 0.225 e. The Bertz CT molecular complexity index is 821. The molecule has 26 heavy (non-hydrogen) atoms. The van der Waals surface area contributed by atoms with Gasteiger partial charge in [0.2, 0.25) is 5.95 Å². The van der Waals surface area contributed by atoms with Crippen molar-refractivity contribution < 1.29 is 5.11 Å². The van der Waals surface area contributed by atoms with E-state index in [0.717, 1.165) is 17.2 Å².